The minimum Gasteiger partial charge on any atom is -0.353 e. The Morgan fingerprint density at radius 3 is 2.39 bits per heavy atom. The summed E-state index contributed by atoms with van der Waals surface area (Å²) in [5.74, 6) is 0. The van der Waals surface area contributed by atoms with Gasteiger partial charge in [-0.3, -0.25) is 0 Å². The molecule has 0 aliphatic carbocycles. The van der Waals surface area contributed by atoms with Crippen molar-refractivity contribution in [3.63, 3.8) is 0 Å². The smallest absolute Gasteiger partial charge is 0.0644 e. The van der Waals surface area contributed by atoms with Crippen LogP contribution in [0, 0.1) is 0 Å². The van der Waals surface area contributed by atoms with Gasteiger partial charge in [-0.05, 0) is 30.0 Å². The van der Waals surface area contributed by atoms with E-state index in [2.05, 4.69) is 97.5 Å². The second kappa shape index (κ2) is 6.57. The van der Waals surface area contributed by atoms with Gasteiger partial charge in [-0.25, -0.2) is 0 Å². The molecule has 0 fully saturated rings. The van der Waals surface area contributed by atoms with Gasteiger partial charge in [0, 0.05) is 23.8 Å². The number of para-hydroxylation sites is 2. The average molecular weight is 302 g/mol. The quantitative estimate of drug-likeness (QED) is 0.627. The van der Waals surface area contributed by atoms with Gasteiger partial charge in [-0.2, -0.15) is 0 Å². The lowest BCUT2D eigenvalue weighted by molar-refractivity contribution is 0.986. The van der Waals surface area contributed by atoms with E-state index in [-0.39, 0.29) is 0 Å². The zero-order valence-corrected chi connectivity index (χ0v) is 13.7. The Labute approximate surface area is 138 Å². The molecular formula is C21H22N2. The molecule has 0 saturated carbocycles. The molecule has 0 aromatic heterocycles. The third kappa shape index (κ3) is 3.07. The van der Waals surface area contributed by atoms with Gasteiger partial charge in [0.25, 0.3) is 0 Å². The number of nitrogens with zero attached hydrogens (tertiary/aromatic N) is 1. The number of nitrogens with one attached hydrogen (secondary N) is 1. The monoisotopic (exact) mass is 302 g/mol. The summed E-state index contributed by atoms with van der Waals surface area (Å²) in [5.41, 5.74) is 4.43. The standard InChI is InChI=1S/C21H22N2/c1-4-16(2)23(3)21-15-8-7-13-20(21)22-19-14-9-11-17-10-5-6-12-18(17)19/h5-15,22H,2,4H2,1,3H3. The molecule has 2 heteroatoms. The molecule has 2 nitrogen and oxygen atoms in total. The van der Waals surface area contributed by atoms with E-state index >= 15 is 0 Å². The highest BCUT2D eigenvalue weighted by molar-refractivity contribution is 5.96. The van der Waals surface area contributed by atoms with Crippen LogP contribution in [0.2, 0.25) is 0 Å². The molecule has 116 valence electrons. The molecule has 0 atom stereocenters. The summed E-state index contributed by atoms with van der Waals surface area (Å²) in [6.45, 7) is 6.27. The molecular weight excluding hydrogens is 280 g/mol. The van der Waals surface area contributed by atoms with Gasteiger partial charge < -0.3 is 10.2 Å². The van der Waals surface area contributed by atoms with E-state index in [9.17, 15) is 0 Å². The Morgan fingerprint density at radius 1 is 0.913 bits per heavy atom. The third-order valence-corrected chi connectivity index (χ3v) is 4.21. The number of fused-ring (bicyclic) bond motifs is 1. The maximum absolute atomic E-state index is 4.15. The minimum absolute atomic E-state index is 0.930. The Balaban J connectivity index is 2.01. The van der Waals surface area contributed by atoms with Crippen molar-refractivity contribution in [3.05, 3.63) is 79.0 Å². The molecule has 0 heterocycles. The zero-order valence-electron chi connectivity index (χ0n) is 13.7. The van der Waals surface area contributed by atoms with Crippen LogP contribution in [0.5, 0.6) is 0 Å². The van der Waals surface area contributed by atoms with Crippen LogP contribution in [0.1, 0.15) is 13.3 Å². The van der Waals surface area contributed by atoms with Gasteiger partial charge >= 0.3 is 0 Å². The fourth-order valence-corrected chi connectivity index (χ4v) is 2.76. The number of anilines is 3. The van der Waals surface area contributed by atoms with E-state index in [1.54, 1.807) is 0 Å². The van der Waals surface area contributed by atoms with Crippen LogP contribution in [0.15, 0.2) is 79.0 Å². The third-order valence-electron chi connectivity index (χ3n) is 4.21. The molecule has 23 heavy (non-hydrogen) atoms. The summed E-state index contributed by atoms with van der Waals surface area (Å²) >= 11 is 0. The zero-order chi connectivity index (χ0) is 16.2. The van der Waals surface area contributed by atoms with Crippen LogP contribution in [0.3, 0.4) is 0 Å². The molecule has 0 spiro atoms. The Bertz CT molecular complexity index is 831. The fourth-order valence-electron chi connectivity index (χ4n) is 2.76. The summed E-state index contributed by atoms with van der Waals surface area (Å²) in [6, 6.07) is 23.1. The van der Waals surface area contributed by atoms with Crippen molar-refractivity contribution in [2.75, 3.05) is 17.3 Å². The molecule has 1 N–H and O–H groups in total. The number of hydrogen-bond donors (Lipinski definition) is 1. The van der Waals surface area contributed by atoms with Crippen molar-refractivity contribution >= 4 is 27.8 Å². The number of benzene rings is 3. The summed E-state index contributed by atoms with van der Waals surface area (Å²) in [7, 11) is 2.06. The van der Waals surface area contributed by atoms with Crippen LogP contribution < -0.4 is 10.2 Å². The van der Waals surface area contributed by atoms with Crippen LogP contribution >= 0.6 is 0 Å². The van der Waals surface area contributed by atoms with E-state index in [0.29, 0.717) is 0 Å². The predicted octanol–water partition coefficient (Wildman–Crippen LogP) is 5.94. The lowest BCUT2D eigenvalue weighted by Crippen LogP contribution is -2.16. The van der Waals surface area contributed by atoms with Gasteiger partial charge in [0.15, 0.2) is 0 Å². The Morgan fingerprint density at radius 2 is 1.57 bits per heavy atom. The molecule has 3 aromatic carbocycles. The van der Waals surface area contributed by atoms with E-state index in [1.807, 2.05) is 0 Å². The van der Waals surface area contributed by atoms with Gasteiger partial charge in [-0.1, -0.05) is 62.0 Å². The predicted molar refractivity (Wildman–Crippen MR) is 102 cm³/mol. The number of hydrogen-bond acceptors (Lipinski definition) is 2. The minimum atomic E-state index is 0.930. The maximum atomic E-state index is 4.15. The molecule has 0 saturated heterocycles. The summed E-state index contributed by atoms with van der Waals surface area (Å²) in [5, 5.41) is 6.05. The second-order valence-electron chi connectivity index (χ2n) is 5.65. The summed E-state index contributed by atoms with van der Waals surface area (Å²) in [4.78, 5) is 2.15. The average Bonchev–Trinajstić information content (AvgIpc) is 2.61. The van der Waals surface area contributed by atoms with E-state index in [1.165, 1.54) is 10.8 Å². The maximum Gasteiger partial charge on any atom is 0.0644 e. The van der Waals surface area contributed by atoms with Crippen molar-refractivity contribution < 1.29 is 0 Å². The number of rotatable bonds is 5. The topological polar surface area (TPSA) is 15.3 Å². The van der Waals surface area contributed by atoms with E-state index in [4.69, 9.17) is 0 Å². The van der Waals surface area contributed by atoms with Crippen LogP contribution in [0.4, 0.5) is 17.1 Å². The molecule has 0 aliphatic rings. The van der Waals surface area contributed by atoms with Crippen LogP contribution in [0.25, 0.3) is 10.8 Å². The van der Waals surface area contributed by atoms with Crippen molar-refractivity contribution in [1.29, 1.82) is 0 Å². The highest BCUT2D eigenvalue weighted by Crippen LogP contribution is 2.32. The first-order valence-electron chi connectivity index (χ1n) is 7.96. The SMILES string of the molecule is C=C(CC)N(C)c1ccccc1Nc1cccc2ccccc12. The van der Waals surface area contributed by atoms with E-state index < -0.39 is 0 Å². The molecule has 3 aromatic rings. The van der Waals surface area contributed by atoms with E-state index in [0.717, 1.165) is 29.2 Å². The lowest BCUT2D eigenvalue weighted by Gasteiger charge is -2.24. The Hall–Kier alpha value is -2.74. The summed E-state index contributed by atoms with van der Waals surface area (Å²) in [6.07, 6.45) is 0.930. The molecule has 0 radical (unpaired) electrons. The molecule has 0 unspecified atom stereocenters. The molecule has 0 aliphatic heterocycles. The van der Waals surface area contributed by atoms with Crippen molar-refractivity contribution in [3.8, 4) is 0 Å². The first-order valence-corrected chi connectivity index (χ1v) is 7.96. The Kier molecular flexibility index (Phi) is 4.33. The van der Waals surface area contributed by atoms with Gasteiger partial charge in [0.2, 0.25) is 0 Å². The highest BCUT2D eigenvalue weighted by atomic mass is 15.1. The first-order chi connectivity index (χ1) is 11.2. The first kappa shape index (κ1) is 15.2. The lowest BCUT2D eigenvalue weighted by atomic mass is 10.1. The van der Waals surface area contributed by atoms with Gasteiger partial charge in [0.1, 0.15) is 0 Å². The van der Waals surface area contributed by atoms with Gasteiger partial charge in [-0.15, -0.1) is 0 Å². The largest absolute Gasteiger partial charge is 0.353 e. The van der Waals surface area contributed by atoms with Crippen LogP contribution in [-0.2, 0) is 0 Å². The van der Waals surface area contributed by atoms with Crippen molar-refractivity contribution in [1.82, 2.24) is 0 Å². The van der Waals surface area contributed by atoms with Crippen LogP contribution in [-0.4, -0.2) is 7.05 Å². The highest BCUT2D eigenvalue weighted by Gasteiger charge is 2.10. The molecule has 0 amide bonds. The fraction of sp³-hybridized carbons (Fsp3) is 0.143. The van der Waals surface area contributed by atoms with Crippen molar-refractivity contribution in [2.24, 2.45) is 0 Å². The molecule has 3 rings (SSSR count). The second-order valence-corrected chi connectivity index (χ2v) is 5.65. The number of allylic oxidation sites excluding steroid dienone is 1. The van der Waals surface area contributed by atoms with Gasteiger partial charge in [0.05, 0.1) is 11.4 Å². The normalized spacial score (nSPS) is 10.5. The summed E-state index contributed by atoms with van der Waals surface area (Å²) < 4.78 is 0. The molecule has 0 bridgehead atoms. The van der Waals surface area contributed by atoms with Crippen molar-refractivity contribution in [2.45, 2.75) is 13.3 Å².